The summed E-state index contributed by atoms with van der Waals surface area (Å²) in [6.07, 6.45) is 1.53. The Balaban J connectivity index is 2.65. The largest absolute Gasteiger partial charge is 0.383 e. The molecule has 1 heterocycles. The van der Waals surface area contributed by atoms with Gasteiger partial charge in [-0.1, -0.05) is 22.9 Å². The number of halogens is 1. The summed E-state index contributed by atoms with van der Waals surface area (Å²) < 4.78 is 6.48. The Kier molecular flexibility index (Phi) is 3.61. The van der Waals surface area contributed by atoms with Crippen LogP contribution in [0.2, 0.25) is 5.02 Å². The fraction of sp³-hybridized carbons (Fsp3) is 0.273. The molecule has 1 aromatic heterocycles. The fourth-order valence-corrected chi connectivity index (χ4v) is 2.32. The van der Waals surface area contributed by atoms with E-state index in [0.717, 1.165) is 15.4 Å². The average Bonchev–Trinajstić information content (AvgIpc) is 2.33. The maximum absolute atomic E-state index is 12.2. The maximum Gasteiger partial charge on any atom is 0.262 e. The van der Waals surface area contributed by atoms with Crippen molar-refractivity contribution in [2.24, 2.45) is 0 Å². The second kappa shape index (κ2) is 4.99. The highest BCUT2D eigenvalue weighted by atomic mass is 35.5. The van der Waals surface area contributed by atoms with E-state index in [0.29, 0.717) is 29.1 Å². The molecule has 2 rings (SSSR count). The molecule has 0 radical (unpaired) electrons. The van der Waals surface area contributed by atoms with Crippen LogP contribution in [-0.2, 0) is 11.3 Å². The minimum absolute atomic E-state index is 0.102. The van der Waals surface area contributed by atoms with Crippen LogP contribution in [0.3, 0.4) is 0 Å². The number of benzene rings is 1. The van der Waals surface area contributed by atoms with Crippen LogP contribution >= 0.6 is 11.6 Å². The molecule has 90 valence electrons. The summed E-state index contributed by atoms with van der Waals surface area (Å²) in [5.74, 6) is 0. The van der Waals surface area contributed by atoms with Crippen molar-refractivity contribution in [2.45, 2.75) is 6.54 Å². The van der Waals surface area contributed by atoms with Gasteiger partial charge in [0.1, 0.15) is 0 Å². The molecule has 0 fully saturated rings. The number of hydrogen-bond donors (Lipinski definition) is 0. The van der Waals surface area contributed by atoms with Crippen molar-refractivity contribution in [3.05, 3.63) is 33.8 Å². The van der Waals surface area contributed by atoms with Crippen LogP contribution in [0.15, 0.2) is 23.3 Å². The standard InChI is InChI=1S/C11H13ClN2O2Si/c1-16-5-4-14-6-13-7-2-3-8(17)10(12)9(7)11(14)15/h2-3,6H,4-5H2,1,17H3. The smallest absolute Gasteiger partial charge is 0.262 e. The number of nitrogens with zero attached hydrogens (tertiary/aromatic N) is 2. The molecule has 1 aromatic carbocycles. The van der Waals surface area contributed by atoms with Gasteiger partial charge < -0.3 is 4.74 Å². The number of ether oxygens (including phenoxy) is 1. The van der Waals surface area contributed by atoms with E-state index in [9.17, 15) is 4.79 Å². The Labute approximate surface area is 107 Å². The van der Waals surface area contributed by atoms with Crippen molar-refractivity contribution in [3.8, 4) is 0 Å². The van der Waals surface area contributed by atoms with Crippen LogP contribution in [-0.4, -0.2) is 33.5 Å². The van der Waals surface area contributed by atoms with E-state index >= 15 is 0 Å². The van der Waals surface area contributed by atoms with Gasteiger partial charge in [0.2, 0.25) is 0 Å². The lowest BCUT2D eigenvalue weighted by molar-refractivity contribution is 0.186. The van der Waals surface area contributed by atoms with E-state index in [1.165, 1.54) is 10.9 Å². The van der Waals surface area contributed by atoms with Crippen molar-refractivity contribution in [2.75, 3.05) is 13.7 Å². The first-order valence-corrected chi connectivity index (χ1v) is 6.66. The first-order valence-electron chi connectivity index (χ1n) is 5.28. The molecule has 0 amide bonds. The number of methoxy groups -OCH3 is 1. The van der Waals surface area contributed by atoms with Gasteiger partial charge in [-0.3, -0.25) is 9.36 Å². The van der Waals surface area contributed by atoms with Gasteiger partial charge in [0.15, 0.2) is 0 Å². The highest BCUT2D eigenvalue weighted by Crippen LogP contribution is 2.15. The second-order valence-electron chi connectivity index (χ2n) is 3.83. The van der Waals surface area contributed by atoms with Gasteiger partial charge in [-0.2, -0.15) is 0 Å². The van der Waals surface area contributed by atoms with Crippen LogP contribution in [0.1, 0.15) is 0 Å². The quantitative estimate of drug-likeness (QED) is 0.717. The van der Waals surface area contributed by atoms with Gasteiger partial charge in [-0.05, 0) is 6.07 Å². The van der Waals surface area contributed by atoms with Crippen molar-refractivity contribution in [3.63, 3.8) is 0 Å². The van der Waals surface area contributed by atoms with Crippen LogP contribution in [0.4, 0.5) is 0 Å². The number of aromatic nitrogens is 2. The van der Waals surface area contributed by atoms with Crippen LogP contribution in [0.25, 0.3) is 10.9 Å². The molecule has 0 saturated heterocycles. The maximum atomic E-state index is 12.2. The molecule has 0 saturated carbocycles. The summed E-state index contributed by atoms with van der Waals surface area (Å²) in [4.78, 5) is 16.4. The lowest BCUT2D eigenvalue weighted by atomic mass is 10.2. The van der Waals surface area contributed by atoms with E-state index in [1.54, 1.807) is 7.11 Å². The summed E-state index contributed by atoms with van der Waals surface area (Å²) in [7, 11) is 2.41. The third kappa shape index (κ3) is 2.26. The van der Waals surface area contributed by atoms with Crippen LogP contribution in [0.5, 0.6) is 0 Å². The molecule has 0 atom stereocenters. The molecule has 2 aromatic rings. The molecule has 0 N–H and O–H groups in total. The Bertz CT molecular complexity index is 612. The lowest BCUT2D eigenvalue weighted by Crippen LogP contribution is -2.24. The van der Waals surface area contributed by atoms with E-state index in [1.807, 2.05) is 12.1 Å². The van der Waals surface area contributed by atoms with Gasteiger partial charge in [0.05, 0.1) is 35.4 Å². The SMILES string of the molecule is COCCn1cnc2ccc([SiH3])c(Cl)c2c1=O. The molecule has 6 heteroatoms. The lowest BCUT2D eigenvalue weighted by Gasteiger charge is -2.07. The van der Waals surface area contributed by atoms with Crippen molar-refractivity contribution >= 4 is 37.9 Å². The predicted octanol–water partition coefficient (Wildman–Crippen LogP) is -0.313. The number of hydrogen-bond acceptors (Lipinski definition) is 3. The van der Waals surface area contributed by atoms with Gasteiger partial charge in [0.25, 0.3) is 5.56 Å². The van der Waals surface area contributed by atoms with E-state index in [4.69, 9.17) is 16.3 Å². The average molecular weight is 269 g/mol. The summed E-state index contributed by atoms with van der Waals surface area (Å²) in [6.45, 7) is 0.964. The zero-order valence-corrected chi connectivity index (χ0v) is 12.5. The molecule has 0 aliphatic rings. The van der Waals surface area contributed by atoms with Crippen LogP contribution < -0.4 is 10.7 Å². The van der Waals surface area contributed by atoms with E-state index < -0.39 is 0 Å². The highest BCUT2D eigenvalue weighted by molar-refractivity contribution is 6.48. The first-order chi connectivity index (χ1) is 8.15. The van der Waals surface area contributed by atoms with Gasteiger partial charge in [0, 0.05) is 17.4 Å². The second-order valence-corrected chi connectivity index (χ2v) is 5.28. The molecule has 0 aliphatic carbocycles. The molecular weight excluding hydrogens is 256 g/mol. The summed E-state index contributed by atoms with van der Waals surface area (Å²) in [6, 6.07) is 3.76. The summed E-state index contributed by atoms with van der Waals surface area (Å²) in [5, 5.41) is 2.07. The molecule has 0 unspecified atom stereocenters. The fourth-order valence-electron chi connectivity index (χ4n) is 1.66. The third-order valence-corrected chi connectivity index (χ3v) is 4.30. The highest BCUT2D eigenvalue weighted by Gasteiger charge is 2.09. The monoisotopic (exact) mass is 268 g/mol. The van der Waals surface area contributed by atoms with Crippen molar-refractivity contribution < 1.29 is 4.74 Å². The topological polar surface area (TPSA) is 44.1 Å². The molecule has 0 bridgehead atoms. The zero-order chi connectivity index (χ0) is 12.4. The zero-order valence-electron chi connectivity index (χ0n) is 9.74. The van der Waals surface area contributed by atoms with Gasteiger partial charge >= 0.3 is 0 Å². The molecule has 0 spiro atoms. The molecular formula is C11H13ClN2O2Si. The Hall–Kier alpha value is -1.17. The van der Waals surface area contributed by atoms with E-state index in [2.05, 4.69) is 4.98 Å². The third-order valence-electron chi connectivity index (χ3n) is 2.66. The Morgan fingerprint density at radius 2 is 2.29 bits per heavy atom. The van der Waals surface area contributed by atoms with Crippen molar-refractivity contribution in [1.82, 2.24) is 9.55 Å². The van der Waals surface area contributed by atoms with E-state index in [-0.39, 0.29) is 5.56 Å². The van der Waals surface area contributed by atoms with Crippen molar-refractivity contribution in [1.29, 1.82) is 0 Å². The van der Waals surface area contributed by atoms with Crippen LogP contribution in [0, 0.1) is 0 Å². The summed E-state index contributed by atoms with van der Waals surface area (Å²) >= 11 is 6.19. The van der Waals surface area contributed by atoms with Gasteiger partial charge in [-0.15, -0.1) is 0 Å². The first kappa shape index (κ1) is 12.3. The Morgan fingerprint density at radius 1 is 1.53 bits per heavy atom. The minimum atomic E-state index is -0.102. The minimum Gasteiger partial charge on any atom is -0.383 e. The predicted molar refractivity (Wildman–Crippen MR) is 72.5 cm³/mol. The molecule has 17 heavy (non-hydrogen) atoms. The normalized spacial score (nSPS) is 11.2. The summed E-state index contributed by atoms with van der Waals surface area (Å²) in [5.41, 5.74) is 0.544. The number of rotatable bonds is 3. The Morgan fingerprint density at radius 3 is 3.00 bits per heavy atom. The number of fused-ring (bicyclic) bond motifs is 1. The molecule has 0 aliphatic heterocycles. The van der Waals surface area contributed by atoms with Gasteiger partial charge in [-0.25, -0.2) is 4.98 Å². The molecule has 4 nitrogen and oxygen atoms in total.